The van der Waals surface area contributed by atoms with Crippen LogP contribution in [-0.4, -0.2) is 44.8 Å². The Morgan fingerprint density at radius 3 is 2.81 bits per heavy atom. The zero-order valence-electron chi connectivity index (χ0n) is 14.0. The highest BCUT2D eigenvalue weighted by atomic mass is 19.1. The van der Waals surface area contributed by atoms with Crippen LogP contribution in [0.15, 0.2) is 42.2 Å². The van der Waals surface area contributed by atoms with E-state index >= 15 is 0 Å². The van der Waals surface area contributed by atoms with Gasteiger partial charge in [-0.3, -0.25) is 19.2 Å². The van der Waals surface area contributed by atoms with Crippen molar-refractivity contribution in [1.82, 2.24) is 14.7 Å². The Hall–Kier alpha value is -3.20. The molecule has 0 saturated carbocycles. The molecule has 8 nitrogen and oxygen atoms in total. The van der Waals surface area contributed by atoms with E-state index < -0.39 is 17.6 Å². The molecule has 1 aliphatic rings. The van der Waals surface area contributed by atoms with Crippen LogP contribution in [0.3, 0.4) is 0 Å². The van der Waals surface area contributed by atoms with Crippen LogP contribution in [0, 0.1) is 5.82 Å². The van der Waals surface area contributed by atoms with Gasteiger partial charge in [0, 0.05) is 25.4 Å². The van der Waals surface area contributed by atoms with E-state index in [1.807, 2.05) is 0 Å². The molecule has 2 amide bonds. The number of aliphatic hydroxyl groups is 1. The van der Waals surface area contributed by atoms with Crippen molar-refractivity contribution in [3.05, 3.63) is 53.7 Å². The van der Waals surface area contributed by atoms with E-state index in [1.165, 1.54) is 18.2 Å². The first-order valence-electron chi connectivity index (χ1n) is 7.84. The van der Waals surface area contributed by atoms with Gasteiger partial charge in [-0.05, 0) is 18.2 Å². The summed E-state index contributed by atoms with van der Waals surface area (Å²) < 4.78 is 20.9. The van der Waals surface area contributed by atoms with Crippen LogP contribution in [0.5, 0.6) is 5.75 Å². The van der Waals surface area contributed by atoms with Crippen LogP contribution in [0.25, 0.3) is 0 Å². The van der Waals surface area contributed by atoms with Crippen molar-refractivity contribution < 1.29 is 23.8 Å². The molecule has 9 heteroatoms. The summed E-state index contributed by atoms with van der Waals surface area (Å²) in [4.78, 5) is 24.9. The number of benzene rings is 1. The molecule has 136 valence electrons. The molecule has 3 rings (SSSR count). The molecular formula is C17H17FN4O4. The van der Waals surface area contributed by atoms with E-state index in [9.17, 15) is 14.0 Å². The summed E-state index contributed by atoms with van der Waals surface area (Å²) in [6, 6.07) is 5.60. The Balaban J connectivity index is 1.77. The average molecular weight is 360 g/mol. The highest BCUT2D eigenvalue weighted by Gasteiger charge is 2.31. The zero-order chi connectivity index (χ0) is 18.7. The molecule has 0 aliphatic carbocycles. The Morgan fingerprint density at radius 2 is 2.12 bits per heavy atom. The predicted octanol–water partition coefficient (Wildman–Crippen LogP) is 0.795. The van der Waals surface area contributed by atoms with E-state index in [4.69, 9.17) is 9.84 Å². The Kier molecular flexibility index (Phi) is 4.99. The third-order valence-corrected chi connectivity index (χ3v) is 3.69. The molecule has 1 aromatic heterocycles. The van der Waals surface area contributed by atoms with E-state index in [0.717, 1.165) is 11.0 Å². The summed E-state index contributed by atoms with van der Waals surface area (Å²) in [7, 11) is 1.78. The number of imide groups is 1. The number of halogens is 1. The molecule has 0 bridgehead atoms. The number of rotatable bonds is 7. The standard InChI is InChI=1S/C17H17FN4O4/c1-21-5-4-12(20-21)10-26-15-3-2-11(18)8-13(15)19-14-9-16(24)22(6-7-23)17(14)25/h2-5,8-9,19,23H,6-7,10H2,1H3. The minimum atomic E-state index is -0.594. The van der Waals surface area contributed by atoms with Gasteiger partial charge in [0.15, 0.2) is 0 Å². The molecule has 2 N–H and O–H groups in total. The number of carbonyl (C=O) groups is 2. The van der Waals surface area contributed by atoms with Crippen LogP contribution < -0.4 is 10.1 Å². The number of aryl methyl sites for hydroxylation is 1. The fourth-order valence-corrected chi connectivity index (χ4v) is 2.47. The first kappa shape index (κ1) is 17.6. The number of aliphatic hydroxyl groups excluding tert-OH is 1. The van der Waals surface area contributed by atoms with Gasteiger partial charge >= 0.3 is 0 Å². The third-order valence-electron chi connectivity index (χ3n) is 3.69. The molecule has 0 saturated heterocycles. The Morgan fingerprint density at radius 1 is 1.31 bits per heavy atom. The summed E-state index contributed by atoms with van der Waals surface area (Å²) >= 11 is 0. The van der Waals surface area contributed by atoms with Crippen molar-refractivity contribution in [3.63, 3.8) is 0 Å². The minimum absolute atomic E-state index is 0.0169. The third kappa shape index (κ3) is 3.72. The van der Waals surface area contributed by atoms with Crippen LogP contribution in [0.2, 0.25) is 0 Å². The van der Waals surface area contributed by atoms with Gasteiger partial charge in [0.25, 0.3) is 11.8 Å². The quantitative estimate of drug-likeness (QED) is 0.709. The first-order valence-corrected chi connectivity index (χ1v) is 7.84. The van der Waals surface area contributed by atoms with Crippen molar-refractivity contribution in [2.24, 2.45) is 7.05 Å². The zero-order valence-corrected chi connectivity index (χ0v) is 14.0. The van der Waals surface area contributed by atoms with E-state index in [0.29, 0.717) is 11.4 Å². The summed E-state index contributed by atoms with van der Waals surface area (Å²) in [6.45, 7) is -0.285. The lowest BCUT2D eigenvalue weighted by Crippen LogP contribution is -2.34. The maximum atomic E-state index is 13.6. The van der Waals surface area contributed by atoms with Crippen LogP contribution in [0.4, 0.5) is 10.1 Å². The maximum absolute atomic E-state index is 13.6. The predicted molar refractivity (Wildman–Crippen MR) is 89.5 cm³/mol. The molecule has 0 fully saturated rings. The lowest BCUT2D eigenvalue weighted by atomic mass is 10.2. The molecule has 0 atom stereocenters. The fraction of sp³-hybridized carbons (Fsp3) is 0.235. The molecular weight excluding hydrogens is 343 g/mol. The van der Waals surface area contributed by atoms with Crippen molar-refractivity contribution in [3.8, 4) is 5.75 Å². The van der Waals surface area contributed by atoms with E-state index in [2.05, 4.69) is 10.4 Å². The topological polar surface area (TPSA) is 96.7 Å². The highest BCUT2D eigenvalue weighted by molar-refractivity contribution is 6.17. The average Bonchev–Trinajstić information content (AvgIpc) is 3.13. The van der Waals surface area contributed by atoms with Gasteiger partial charge < -0.3 is 15.2 Å². The number of hydrogen-bond acceptors (Lipinski definition) is 6. The second-order valence-corrected chi connectivity index (χ2v) is 5.61. The molecule has 0 spiro atoms. The largest absolute Gasteiger partial charge is 0.485 e. The minimum Gasteiger partial charge on any atom is -0.485 e. The van der Waals surface area contributed by atoms with Gasteiger partial charge in [0.1, 0.15) is 23.9 Å². The number of nitrogens with one attached hydrogen (secondary N) is 1. The Bertz CT molecular complexity index is 877. The molecule has 1 aliphatic heterocycles. The summed E-state index contributed by atoms with van der Waals surface area (Å²) in [5.74, 6) is -1.36. The normalized spacial score (nSPS) is 14.0. The number of carbonyl (C=O) groups excluding carboxylic acids is 2. The number of hydrogen-bond donors (Lipinski definition) is 2. The molecule has 2 aromatic rings. The summed E-state index contributed by atoms with van der Waals surface area (Å²) in [5, 5.41) is 15.9. The summed E-state index contributed by atoms with van der Waals surface area (Å²) in [5.41, 5.74) is 0.874. The maximum Gasteiger partial charge on any atom is 0.277 e. The fourth-order valence-electron chi connectivity index (χ4n) is 2.47. The molecule has 0 radical (unpaired) electrons. The number of anilines is 1. The van der Waals surface area contributed by atoms with Gasteiger partial charge in [-0.25, -0.2) is 4.39 Å². The lowest BCUT2D eigenvalue weighted by Gasteiger charge is -2.15. The number of aromatic nitrogens is 2. The lowest BCUT2D eigenvalue weighted by molar-refractivity contribution is -0.137. The molecule has 26 heavy (non-hydrogen) atoms. The monoisotopic (exact) mass is 360 g/mol. The van der Waals surface area contributed by atoms with Crippen molar-refractivity contribution in [2.75, 3.05) is 18.5 Å². The highest BCUT2D eigenvalue weighted by Crippen LogP contribution is 2.28. The van der Waals surface area contributed by atoms with Crippen molar-refractivity contribution >= 4 is 17.5 Å². The molecule has 0 unspecified atom stereocenters. The van der Waals surface area contributed by atoms with E-state index in [-0.39, 0.29) is 31.1 Å². The van der Waals surface area contributed by atoms with Gasteiger partial charge in [-0.15, -0.1) is 0 Å². The second kappa shape index (κ2) is 7.36. The van der Waals surface area contributed by atoms with Gasteiger partial charge in [-0.2, -0.15) is 5.10 Å². The number of nitrogens with zero attached hydrogens (tertiary/aromatic N) is 3. The second-order valence-electron chi connectivity index (χ2n) is 5.61. The van der Waals surface area contributed by atoms with Gasteiger partial charge in [-0.1, -0.05) is 0 Å². The first-order chi connectivity index (χ1) is 12.5. The van der Waals surface area contributed by atoms with Crippen LogP contribution >= 0.6 is 0 Å². The smallest absolute Gasteiger partial charge is 0.277 e. The van der Waals surface area contributed by atoms with Crippen LogP contribution in [-0.2, 0) is 23.2 Å². The number of β-amino-alcohol motifs (C(OH)–C–C–N with tert-alkyl or cyclic N) is 1. The summed E-state index contributed by atoms with van der Waals surface area (Å²) in [6.07, 6.45) is 2.87. The van der Waals surface area contributed by atoms with Gasteiger partial charge in [0.2, 0.25) is 0 Å². The molecule has 2 heterocycles. The van der Waals surface area contributed by atoms with Crippen molar-refractivity contribution in [2.45, 2.75) is 6.61 Å². The SMILES string of the molecule is Cn1ccc(COc2ccc(F)cc2NC2=CC(=O)N(CCO)C2=O)n1. The number of amides is 2. The van der Waals surface area contributed by atoms with Crippen molar-refractivity contribution in [1.29, 1.82) is 0 Å². The van der Waals surface area contributed by atoms with Crippen LogP contribution in [0.1, 0.15) is 5.69 Å². The number of ether oxygens (including phenoxy) is 1. The van der Waals surface area contributed by atoms with Gasteiger partial charge in [0.05, 0.1) is 24.5 Å². The van der Waals surface area contributed by atoms with E-state index in [1.54, 1.807) is 24.0 Å². The Labute approximate surface area is 148 Å². The molecule has 1 aromatic carbocycles.